The Hall–Kier alpha value is -3.92. The van der Waals surface area contributed by atoms with E-state index in [2.05, 4.69) is 15.3 Å². The normalized spacial score (nSPS) is 11.4. The molecule has 11 heteroatoms. The van der Waals surface area contributed by atoms with Gasteiger partial charge in [-0.25, -0.2) is 9.78 Å². The van der Waals surface area contributed by atoms with E-state index in [-0.39, 0.29) is 28.7 Å². The van der Waals surface area contributed by atoms with E-state index in [0.29, 0.717) is 32.5 Å². The Bertz CT molecular complexity index is 1470. The standard InChI is InChI=1S/C28H21Cl2N3O5S/c29-22-4-1-5-23(30)21(22)16-38-19-8-6-17(7-9-19)15-24(27(35)36)33-25(34)20-3-2-12-32-26(20)39-28(37)18-10-13-31-14-11-18/h1-14,24H,15-16H2,(H,33,34)(H,35,36). The molecule has 4 rings (SSSR count). The van der Waals surface area contributed by atoms with Gasteiger partial charge >= 0.3 is 5.97 Å². The third-order valence-corrected chi connectivity index (χ3v) is 7.18. The molecular weight excluding hydrogens is 561 g/mol. The van der Waals surface area contributed by atoms with Crippen molar-refractivity contribution in [3.8, 4) is 5.75 Å². The van der Waals surface area contributed by atoms with Crippen molar-refractivity contribution < 1.29 is 24.2 Å². The first-order chi connectivity index (χ1) is 18.8. The van der Waals surface area contributed by atoms with Gasteiger partial charge in [-0.05, 0) is 65.9 Å². The number of hydrogen-bond donors (Lipinski definition) is 2. The molecule has 8 nitrogen and oxygen atoms in total. The predicted molar refractivity (Wildman–Crippen MR) is 148 cm³/mol. The number of nitrogens with one attached hydrogen (secondary N) is 1. The predicted octanol–water partition coefficient (Wildman–Crippen LogP) is 5.72. The lowest BCUT2D eigenvalue weighted by Crippen LogP contribution is -2.42. The Morgan fingerprint density at radius 2 is 1.62 bits per heavy atom. The van der Waals surface area contributed by atoms with Crippen LogP contribution in [0.15, 0.2) is 90.3 Å². The highest BCUT2D eigenvalue weighted by Crippen LogP contribution is 2.27. The maximum atomic E-state index is 13.0. The third-order valence-electron chi connectivity index (χ3n) is 5.53. The lowest BCUT2D eigenvalue weighted by atomic mass is 10.1. The van der Waals surface area contributed by atoms with Crippen LogP contribution in [0.4, 0.5) is 0 Å². The van der Waals surface area contributed by atoms with E-state index in [4.69, 9.17) is 27.9 Å². The van der Waals surface area contributed by atoms with E-state index >= 15 is 0 Å². The summed E-state index contributed by atoms with van der Waals surface area (Å²) >= 11 is 13.1. The maximum Gasteiger partial charge on any atom is 0.326 e. The van der Waals surface area contributed by atoms with Gasteiger partial charge in [-0.15, -0.1) is 0 Å². The highest BCUT2D eigenvalue weighted by molar-refractivity contribution is 8.14. The minimum atomic E-state index is -1.22. The smallest absolute Gasteiger partial charge is 0.326 e. The summed E-state index contributed by atoms with van der Waals surface area (Å²) in [6.07, 6.45) is 4.46. The highest BCUT2D eigenvalue weighted by Gasteiger charge is 2.24. The summed E-state index contributed by atoms with van der Waals surface area (Å²) in [5.41, 5.74) is 1.82. The molecule has 0 bridgehead atoms. The van der Waals surface area contributed by atoms with Gasteiger partial charge in [0.15, 0.2) is 0 Å². The van der Waals surface area contributed by atoms with Crippen molar-refractivity contribution in [1.82, 2.24) is 15.3 Å². The van der Waals surface area contributed by atoms with Crippen LogP contribution in [0.1, 0.15) is 31.8 Å². The number of benzene rings is 2. The molecule has 0 saturated carbocycles. The molecular formula is C28H21Cl2N3O5S. The molecule has 1 unspecified atom stereocenters. The molecule has 1 amide bonds. The number of pyridine rings is 2. The molecule has 1 atom stereocenters. The fourth-order valence-electron chi connectivity index (χ4n) is 3.50. The molecule has 198 valence electrons. The lowest BCUT2D eigenvalue weighted by Gasteiger charge is -2.16. The molecule has 4 aromatic rings. The molecule has 0 aliphatic carbocycles. The number of amides is 1. The summed E-state index contributed by atoms with van der Waals surface area (Å²) < 4.78 is 5.77. The first kappa shape index (κ1) is 28.1. The van der Waals surface area contributed by atoms with Crippen LogP contribution in [0.3, 0.4) is 0 Å². The first-order valence-corrected chi connectivity index (χ1v) is 13.1. The molecule has 2 aromatic carbocycles. The fourth-order valence-corrected chi connectivity index (χ4v) is 4.82. The molecule has 0 fully saturated rings. The maximum absolute atomic E-state index is 13.0. The zero-order valence-electron chi connectivity index (χ0n) is 20.2. The Morgan fingerprint density at radius 1 is 0.923 bits per heavy atom. The van der Waals surface area contributed by atoms with Crippen LogP contribution in [0.2, 0.25) is 10.0 Å². The number of carboxylic acids is 1. The number of halogens is 2. The van der Waals surface area contributed by atoms with Crippen molar-refractivity contribution in [3.05, 3.63) is 118 Å². The Labute approximate surface area is 238 Å². The van der Waals surface area contributed by atoms with Gasteiger partial charge in [-0.3, -0.25) is 14.6 Å². The fraction of sp³-hybridized carbons (Fsp3) is 0.107. The lowest BCUT2D eigenvalue weighted by molar-refractivity contribution is -0.139. The number of thioether (sulfide) groups is 1. The van der Waals surface area contributed by atoms with Gasteiger partial charge in [0.2, 0.25) is 5.12 Å². The van der Waals surface area contributed by atoms with Crippen molar-refractivity contribution in [2.75, 3.05) is 0 Å². The number of aliphatic carboxylic acids is 1. The van der Waals surface area contributed by atoms with Crippen LogP contribution < -0.4 is 10.1 Å². The first-order valence-electron chi connectivity index (χ1n) is 11.6. The summed E-state index contributed by atoms with van der Waals surface area (Å²) in [5, 5.41) is 13.1. The number of hydrogen-bond acceptors (Lipinski definition) is 7. The van der Waals surface area contributed by atoms with Gasteiger partial charge in [0, 0.05) is 46.2 Å². The van der Waals surface area contributed by atoms with E-state index in [1.807, 2.05) is 0 Å². The second kappa shape index (κ2) is 13.2. The van der Waals surface area contributed by atoms with Crippen LogP contribution in [-0.4, -0.2) is 38.1 Å². The van der Waals surface area contributed by atoms with Crippen LogP contribution in [0, 0.1) is 0 Å². The SMILES string of the molecule is O=C(Sc1ncccc1C(=O)NC(Cc1ccc(OCc2c(Cl)cccc2Cl)cc1)C(=O)O)c1ccncc1. The van der Waals surface area contributed by atoms with Crippen molar-refractivity contribution in [1.29, 1.82) is 0 Å². The number of rotatable bonds is 10. The van der Waals surface area contributed by atoms with Gasteiger partial charge in [0.1, 0.15) is 23.4 Å². The van der Waals surface area contributed by atoms with Crippen molar-refractivity contribution in [2.45, 2.75) is 24.1 Å². The number of carboxylic acid groups (broad SMARTS) is 1. The van der Waals surface area contributed by atoms with Gasteiger partial charge in [0.05, 0.1) is 5.56 Å². The quantitative estimate of drug-likeness (QED) is 0.228. The van der Waals surface area contributed by atoms with Crippen LogP contribution in [0.5, 0.6) is 5.75 Å². The minimum Gasteiger partial charge on any atom is -0.489 e. The summed E-state index contributed by atoms with van der Waals surface area (Å²) in [4.78, 5) is 45.6. The second-order valence-electron chi connectivity index (χ2n) is 8.18. The van der Waals surface area contributed by atoms with Crippen LogP contribution in [-0.2, 0) is 17.8 Å². The molecule has 2 heterocycles. The Morgan fingerprint density at radius 3 is 2.28 bits per heavy atom. The average Bonchev–Trinajstić information content (AvgIpc) is 2.94. The number of ether oxygens (including phenoxy) is 1. The molecule has 2 N–H and O–H groups in total. The van der Waals surface area contributed by atoms with Crippen LogP contribution >= 0.6 is 35.0 Å². The van der Waals surface area contributed by atoms with Gasteiger partial charge in [-0.1, -0.05) is 41.4 Å². The molecule has 0 aliphatic rings. The highest BCUT2D eigenvalue weighted by atomic mass is 35.5. The average molecular weight is 582 g/mol. The van der Waals surface area contributed by atoms with E-state index < -0.39 is 17.9 Å². The third kappa shape index (κ3) is 7.57. The Balaban J connectivity index is 1.40. The second-order valence-corrected chi connectivity index (χ2v) is 9.96. The number of aromatic nitrogens is 2. The molecule has 0 radical (unpaired) electrons. The van der Waals surface area contributed by atoms with E-state index in [0.717, 1.165) is 11.8 Å². The molecule has 39 heavy (non-hydrogen) atoms. The summed E-state index contributed by atoms with van der Waals surface area (Å²) in [6.45, 7) is 0.167. The van der Waals surface area contributed by atoms with Crippen molar-refractivity contribution in [2.24, 2.45) is 0 Å². The van der Waals surface area contributed by atoms with Gasteiger partial charge in [0.25, 0.3) is 5.91 Å². The van der Waals surface area contributed by atoms with E-state index in [9.17, 15) is 19.5 Å². The number of nitrogens with zero attached hydrogens (tertiary/aromatic N) is 2. The van der Waals surface area contributed by atoms with E-state index in [1.54, 1.807) is 60.7 Å². The van der Waals surface area contributed by atoms with E-state index in [1.165, 1.54) is 24.7 Å². The summed E-state index contributed by atoms with van der Waals surface area (Å²) in [7, 11) is 0. The number of carbonyl (C=O) groups is 3. The molecule has 0 saturated heterocycles. The van der Waals surface area contributed by atoms with Crippen molar-refractivity contribution in [3.63, 3.8) is 0 Å². The summed E-state index contributed by atoms with van der Waals surface area (Å²) in [6, 6.07) is 16.9. The minimum absolute atomic E-state index is 0.0242. The molecule has 0 aliphatic heterocycles. The molecule has 0 spiro atoms. The Kier molecular flexibility index (Phi) is 9.54. The van der Waals surface area contributed by atoms with Crippen LogP contribution in [0.25, 0.3) is 0 Å². The number of carbonyl (C=O) groups excluding carboxylic acids is 2. The molecule has 2 aromatic heterocycles. The monoisotopic (exact) mass is 581 g/mol. The zero-order chi connectivity index (χ0) is 27.8. The zero-order valence-corrected chi connectivity index (χ0v) is 22.5. The van der Waals surface area contributed by atoms with Gasteiger partial charge in [-0.2, -0.15) is 0 Å². The summed E-state index contributed by atoms with van der Waals surface area (Å²) in [5.74, 6) is -1.32. The largest absolute Gasteiger partial charge is 0.489 e. The van der Waals surface area contributed by atoms with Gasteiger partial charge < -0.3 is 15.2 Å². The topological polar surface area (TPSA) is 118 Å². The van der Waals surface area contributed by atoms with Crippen molar-refractivity contribution >= 4 is 52.0 Å².